The second-order valence-corrected chi connectivity index (χ2v) is 4.44. The highest BCUT2D eigenvalue weighted by Crippen LogP contribution is 2.58. The van der Waals surface area contributed by atoms with E-state index in [1.165, 1.54) is 19.3 Å². The highest BCUT2D eigenvalue weighted by atomic mass is 14.5. The lowest BCUT2D eigenvalue weighted by Crippen LogP contribution is -2.46. The maximum absolute atomic E-state index is 2.53. The van der Waals surface area contributed by atoms with Crippen LogP contribution in [0.15, 0.2) is 11.6 Å². The van der Waals surface area contributed by atoms with E-state index in [4.69, 9.17) is 0 Å². The van der Waals surface area contributed by atoms with Crippen molar-refractivity contribution in [3.8, 4) is 0 Å². The normalized spacial score (nSPS) is 55.9. The van der Waals surface area contributed by atoms with Crippen LogP contribution in [0.1, 0.15) is 26.2 Å². The Kier molecular flexibility index (Phi) is 0.805. The lowest BCUT2D eigenvalue weighted by Gasteiger charge is -2.55. The highest BCUT2D eigenvalue weighted by molar-refractivity contribution is 5.26. The summed E-state index contributed by atoms with van der Waals surface area (Å²) < 4.78 is 0. The van der Waals surface area contributed by atoms with E-state index >= 15 is 0 Å². The standard InChI is InChI=1S/C10H14/c1-6-2-10-8-3-7(4-8)5-9(6)10/h3,6,8-10H,2,4-5H2,1H3. The number of hydrogen-bond donors (Lipinski definition) is 0. The zero-order chi connectivity index (χ0) is 6.72. The molecule has 4 aliphatic rings. The molecule has 0 saturated heterocycles. The lowest BCUT2D eigenvalue weighted by molar-refractivity contribution is 0.0154. The molecule has 4 unspecified atom stereocenters. The second kappa shape index (κ2) is 1.49. The SMILES string of the molecule is CC1CC2C3C=C(C3)CC12. The van der Waals surface area contributed by atoms with E-state index in [-0.39, 0.29) is 0 Å². The molecule has 0 N–H and O–H groups in total. The van der Waals surface area contributed by atoms with E-state index in [9.17, 15) is 0 Å². The zero-order valence-corrected chi connectivity index (χ0v) is 6.51. The van der Waals surface area contributed by atoms with Crippen molar-refractivity contribution in [2.75, 3.05) is 0 Å². The van der Waals surface area contributed by atoms with Gasteiger partial charge in [-0.05, 0) is 42.9 Å². The first-order chi connectivity index (χ1) is 4.84. The van der Waals surface area contributed by atoms with E-state index < -0.39 is 0 Å². The number of rotatable bonds is 0. The van der Waals surface area contributed by atoms with Crippen LogP contribution in [0.4, 0.5) is 0 Å². The molecule has 0 radical (unpaired) electrons. The first kappa shape index (κ1) is 5.40. The van der Waals surface area contributed by atoms with Crippen molar-refractivity contribution in [2.24, 2.45) is 23.7 Å². The Morgan fingerprint density at radius 3 is 2.60 bits per heavy atom. The molecule has 0 aliphatic heterocycles. The summed E-state index contributed by atoms with van der Waals surface area (Å²) in [4.78, 5) is 0. The fraction of sp³-hybridized carbons (Fsp3) is 0.800. The highest BCUT2D eigenvalue weighted by Gasteiger charge is 2.48. The van der Waals surface area contributed by atoms with Crippen LogP contribution in [-0.4, -0.2) is 0 Å². The molecule has 4 rings (SSSR count). The molecule has 0 spiro atoms. The first-order valence-corrected chi connectivity index (χ1v) is 4.54. The molecule has 10 heavy (non-hydrogen) atoms. The summed E-state index contributed by atoms with van der Waals surface area (Å²) in [6.45, 7) is 2.42. The first-order valence-electron chi connectivity index (χ1n) is 4.54. The van der Waals surface area contributed by atoms with E-state index in [0.29, 0.717) is 0 Å². The van der Waals surface area contributed by atoms with Gasteiger partial charge in [-0.2, -0.15) is 0 Å². The van der Waals surface area contributed by atoms with Crippen molar-refractivity contribution < 1.29 is 0 Å². The Morgan fingerprint density at radius 1 is 1.30 bits per heavy atom. The molecule has 0 aromatic carbocycles. The average Bonchev–Trinajstić information content (AvgIpc) is 1.83. The van der Waals surface area contributed by atoms with Gasteiger partial charge in [0.2, 0.25) is 0 Å². The van der Waals surface area contributed by atoms with Crippen LogP contribution in [0.2, 0.25) is 0 Å². The van der Waals surface area contributed by atoms with Gasteiger partial charge in [0.15, 0.2) is 0 Å². The smallest absolute Gasteiger partial charge is 0.0162 e. The van der Waals surface area contributed by atoms with Crippen molar-refractivity contribution in [3.63, 3.8) is 0 Å². The van der Waals surface area contributed by atoms with Gasteiger partial charge in [-0.3, -0.25) is 0 Å². The molecule has 0 nitrogen and oxygen atoms in total. The predicted octanol–water partition coefficient (Wildman–Crippen LogP) is 2.61. The molecule has 0 heterocycles. The fourth-order valence-corrected chi connectivity index (χ4v) is 3.15. The minimum atomic E-state index is 1.03. The van der Waals surface area contributed by atoms with Gasteiger partial charge in [0.25, 0.3) is 0 Å². The molecule has 0 heteroatoms. The summed E-state index contributed by atoms with van der Waals surface area (Å²) in [6.07, 6.45) is 6.99. The average molecular weight is 134 g/mol. The van der Waals surface area contributed by atoms with Crippen molar-refractivity contribution >= 4 is 0 Å². The van der Waals surface area contributed by atoms with Gasteiger partial charge < -0.3 is 0 Å². The summed E-state index contributed by atoms with van der Waals surface area (Å²) in [5.41, 5.74) is 1.78. The molecule has 0 amide bonds. The third kappa shape index (κ3) is 0.457. The van der Waals surface area contributed by atoms with Gasteiger partial charge in [-0.25, -0.2) is 0 Å². The lowest BCUT2D eigenvalue weighted by atomic mass is 9.50. The van der Waals surface area contributed by atoms with Crippen LogP contribution in [0.3, 0.4) is 0 Å². The third-order valence-corrected chi connectivity index (χ3v) is 3.92. The van der Waals surface area contributed by atoms with E-state index in [1.807, 2.05) is 0 Å². The Balaban J connectivity index is 1.90. The molecule has 4 atom stereocenters. The quantitative estimate of drug-likeness (QED) is 0.447. The molecule has 4 aliphatic carbocycles. The summed E-state index contributed by atoms with van der Waals surface area (Å²) in [6, 6.07) is 0. The number of allylic oxidation sites excluding steroid dienone is 2. The molecule has 54 valence electrons. The largest absolute Gasteiger partial charge is 0.0816 e. The molecule has 2 bridgehead atoms. The summed E-state index contributed by atoms with van der Waals surface area (Å²) in [5, 5.41) is 0. The summed E-state index contributed by atoms with van der Waals surface area (Å²) >= 11 is 0. The van der Waals surface area contributed by atoms with Gasteiger partial charge in [-0.15, -0.1) is 0 Å². The second-order valence-electron chi connectivity index (χ2n) is 4.44. The van der Waals surface area contributed by atoms with Crippen LogP contribution in [0, 0.1) is 23.7 Å². The van der Waals surface area contributed by atoms with Crippen LogP contribution in [0.25, 0.3) is 0 Å². The molecule has 0 aromatic rings. The predicted molar refractivity (Wildman–Crippen MR) is 41.6 cm³/mol. The molecular weight excluding hydrogens is 120 g/mol. The van der Waals surface area contributed by atoms with Gasteiger partial charge in [0.1, 0.15) is 0 Å². The maximum atomic E-state index is 2.53. The van der Waals surface area contributed by atoms with E-state index in [1.54, 1.807) is 5.57 Å². The molecular formula is C10H14. The molecule has 0 aromatic heterocycles. The Bertz CT molecular complexity index is 202. The van der Waals surface area contributed by atoms with Crippen molar-refractivity contribution in [3.05, 3.63) is 11.6 Å². The Hall–Kier alpha value is -0.260. The van der Waals surface area contributed by atoms with E-state index in [2.05, 4.69) is 13.0 Å². The van der Waals surface area contributed by atoms with Crippen LogP contribution >= 0.6 is 0 Å². The topological polar surface area (TPSA) is 0 Å². The molecule has 2 saturated carbocycles. The van der Waals surface area contributed by atoms with Crippen molar-refractivity contribution in [1.82, 2.24) is 0 Å². The van der Waals surface area contributed by atoms with Crippen LogP contribution in [-0.2, 0) is 0 Å². The fourth-order valence-electron chi connectivity index (χ4n) is 3.15. The van der Waals surface area contributed by atoms with Gasteiger partial charge in [-0.1, -0.05) is 18.6 Å². The Labute approximate surface area is 62.3 Å². The van der Waals surface area contributed by atoms with Crippen molar-refractivity contribution in [1.29, 1.82) is 0 Å². The van der Waals surface area contributed by atoms with E-state index in [0.717, 1.165) is 23.7 Å². The van der Waals surface area contributed by atoms with Crippen LogP contribution in [0.5, 0.6) is 0 Å². The third-order valence-electron chi connectivity index (χ3n) is 3.92. The zero-order valence-electron chi connectivity index (χ0n) is 6.51. The summed E-state index contributed by atoms with van der Waals surface area (Å²) in [7, 11) is 0. The van der Waals surface area contributed by atoms with Crippen LogP contribution < -0.4 is 0 Å². The van der Waals surface area contributed by atoms with Gasteiger partial charge in [0, 0.05) is 0 Å². The maximum Gasteiger partial charge on any atom is -0.0162 e. The monoisotopic (exact) mass is 134 g/mol. The van der Waals surface area contributed by atoms with Gasteiger partial charge >= 0.3 is 0 Å². The minimum Gasteiger partial charge on any atom is -0.0816 e. The number of hydrogen-bond acceptors (Lipinski definition) is 0. The minimum absolute atomic E-state index is 1.03. The van der Waals surface area contributed by atoms with Gasteiger partial charge in [0.05, 0.1) is 0 Å². The molecule has 2 fully saturated rings. The Morgan fingerprint density at radius 2 is 2.10 bits per heavy atom. The summed E-state index contributed by atoms with van der Waals surface area (Å²) in [5.74, 6) is 4.31. The van der Waals surface area contributed by atoms with Crippen molar-refractivity contribution in [2.45, 2.75) is 26.2 Å².